The zero-order valence-corrected chi connectivity index (χ0v) is 18.3. The molecule has 7 heteroatoms. The maximum atomic E-state index is 12.8. The van der Waals surface area contributed by atoms with E-state index in [-0.39, 0.29) is 12.5 Å². The molecule has 1 heterocycles. The van der Waals surface area contributed by atoms with Gasteiger partial charge in [-0.05, 0) is 54.1 Å². The number of carbonyl (C=O) groups excluding carboxylic acids is 1. The molecule has 1 amide bonds. The van der Waals surface area contributed by atoms with Crippen LogP contribution in [0.15, 0.2) is 66.9 Å². The van der Waals surface area contributed by atoms with Gasteiger partial charge in [-0.1, -0.05) is 35.3 Å². The number of nitrogens with zero attached hydrogens (tertiary/aromatic N) is 2. The highest BCUT2D eigenvalue weighted by molar-refractivity contribution is 6.30. The number of carbonyl (C=O) groups is 1. The lowest BCUT2D eigenvalue weighted by atomic mass is 10.2. The van der Waals surface area contributed by atoms with Crippen LogP contribution in [0.5, 0.6) is 5.75 Å². The molecule has 0 saturated carbocycles. The maximum Gasteiger partial charge on any atom is 0.260 e. The highest BCUT2D eigenvalue weighted by Crippen LogP contribution is 2.17. The Morgan fingerprint density at radius 2 is 1.83 bits per heavy atom. The summed E-state index contributed by atoms with van der Waals surface area (Å²) in [5, 5.41) is 1.33. The molecule has 3 aromatic rings. The second-order valence-corrected chi connectivity index (χ2v) is 7.68. The van der Waals surface area contributed by atoms with Crippen molar-refractivity contribution in [2.75, 3.05) is 26.9 Å². The minimum absolute atomic E-state index is 0.0552. The molecule has 0 spiro atoms. The molecule has 2 aromatic carbocycles. The second kappa shape index (κ2) is 11.1. The Labute approximate surface area is 186 Å². The first kappa shape index (κ1) is 22.2. The molecule has 0 fully saturated rings. The Morgan fingerprint density at radius 3 is 2.57 bits per heavy atom. The quantitative estimate of drug-likeness (QED) is 0.444. The molecule has 1 aromatic heterocycles. The van der Waals surface area contributed by atoms with Crippen LogP contribution in [-0.4, -0.2) is 42.2 Å². The third kappa shape index (κ3) is 6.52. The average Bonchev–Trinajstić information content (AvgIpc) is 3.17. The number of benzene rings is 2. The van der Waals surface area contributed by atoms with E-state index < -0.39 is 0 Å². The van der Waals surface area contributed by atoms with Crippen molar-refractivity contribution in [3.63, 3.8) is 0 Å². The van der Waals surface area contributed by atoms with Crippen molar-refractivity contribution in [1.29, 1.82) is 0 Å². The van der Waals surface area contributed by atoms with Gasteiger partial charge in [-0.2, -0.15) is 0 Å². The Bertz CT molecular complexity index is 957. The molecule has 30 heavy (non-hydrogen) atoms. The first-order valence-corrected chi connectivity index (χ1v) is 10.3. The van der Waals surface area contributed by atoms with E-state index in [1.165, 1.54) is 0 Å². The molecule has 0 aliphatic carbocycles. The molecule has 158 valence electrons. The first-order valence-electron chi connectivity index (χ1n) is 9.58. The second-order valence-electron chi connectivity index (χ2n) is 6.81. The summed E-state index contributed by atoms with van der Waals surface area (Å²) in [6.45, 7) is 2.00. The standard InChI is InChI=1S/C23H24Cl2N2O3/c1-29-13-12-27(23(28)17-30-22-9-7-19(24)8-10-22)16-21-6-3-11-26(21)15-18-4-2-5-20(25)14-18/h2-11,14H,12-13,15-17H2,1H3. The largest absolute Gasteiger partial charge is 0.484 e. The van der Waals surface area contributed by atoms with Gasteiger partial charge >= 0.3 is 0 Å². The van der Waals surface area contributed by atoms with Crippen molar-refractivity contribution in [3.05, 3.63) is 88.2 Å². The molecule has 0 aliphatic heterocycles. The predicted molar refractivity (Wildman–Crippen MR) is 119 cm³/mol. The SMILES string of the molecule is COCCN(Cc1cccn1Cc1cccc(Cl)c1)C(=O)COc1ccc(Cl)cc1. The van der Waals surface area contributed by atoms with Crippen molar-refractivity contribution in [2.45, 2.75) is 13.1 Å². The topological polar surface area (TPSA) is 43.7 Å². The molecule has 0 atom stereocenters. The number of hydrogen-bond donors (Lipinski definition) is 0. The summed E-state index contributed by atoms with van der Waals surface area (Å²) in [6, 6.07) is 18.7. The first-order chi connectivity index (χ1) is 14.5. The van der Waals surface area contributed by atoms with Gasteiger partial charge in [-0.3, -0.25) is 4.79 Å². The third-order valence-corrected chi connectivity index (χ3v) is 5.10. The van der Waals surface area contributed by atoms with Crippen LogP contribution in [0.25, 0.3) is 0 Å². The number of halogens is 2. The Morgan fingerprint density at radius 1 is 1.03 bits per heavy atom. The van der Waals surface area contributed by atoms with Gasteiger partial charge in [0.15, 0.2) is 6.61 Å². The smallest absolute Gasteiger partial charge is 0.260 e. The summed E-state index contributed by atoms with van der Waals surface area (Å²) in [7, 11) is 1.62. The van der Waals surface area contributed by atoms with Gasteiger partial charge in [0.05, 0.1) is 13.2 Å². The van der Waals surface area contributed by atoms with Crippen LogP contribution in [-0.2, 0) is 22.6 Å². The summed E-state index contributed by atoms with van der Waals surface area (Å²) in [5.41, 5.74) is 2.12. The van der Waals surface area contributed by atoms with Gasteiger partial charge in [-0.25, -0.2) is 0 Å². The van der Waals surface area contributed by atoms with Gasteiger partial charge in [0, 0.05) is 42.1 Å². The number of amides is 1. The molecule has 0 unspecified atom stereocenters. The lowest BCUT2D eigenvalue weighted by Gasteiger charge is -2.23. The fraction of sp³-hybridized carbons (Fsp3) is 0.261. The van der Waals surface area contributed by atoms with Gasteiger partial charge in [0.1, 0.15) is 5.75 Å². The highest BCUT2D eigenvalue weighted by atomic mass is 35.5. The number of hydrogen-bond acceptors (Lipinski definition) is 3. The summed E-state index contributed by atoms with van der Waals surface area (Å²) >= 11 is 12.0. The van der Waals surface area contributed by atoms with Crippen molar-refractivity contribution in [3.8, 4) is 5.75 Å². The Kier molecular flexibility index (Phi) is 8.20. The highest BCUT2D eigenvalue weighted by Gasteiger charge is 2.16. The minimum Gasteiger partial charge on any atom is -0.484 e. The Balaban J connectivity index is 1.66. The fourth-order valence-electron chi connectivity index (χ4n) is 3.04. The zero-order valence-electron chi connectivity index (χ0n) is 16.8. The Hall–Kier alpha value is -2.47. The lowest BCUT2D eigenvalue weighted by Crippen LogP contribution is -2.37. The summed E-state index contributed by atoms with van der Waals surface area (Å²) < 4.78 is 12.9. The summed E-state index contributed by atoms with van der Waals surface area (Å²) in [6.07, 6.45) is 2.00. The molecule has 5 nitrogen and oxygen atoms in total. The minimum atomic E-state index is -0.113. The van der Waals surface area contributed by atoms with Crippen LogP contribution in [0.3, 0.4) is 0 Å². The number of aromatic nitrogens is 1. The molecule has 0 saturated heterocycles. The molecule has 3 rings (SSSR count). The van der Waals surface area contributed by atoms with Crippen LogP contribution in [0.2, 0.25) is 10.0 Å². The fourth-order valence-corrected chi connectivity index (χ4v) is 3.37. The van der Waals surface area contributed by atoms with Crippen LogP contribution < -0.4 is 4.74 Å². The van der Waals surface area contributed by atoms with Crippen molar-refractivity contribution in [1.82, 2.24) is 9.47 Å². The van der Waals surface area contributed by atoms with Gasteiger partial charge in [0.2, 0.25) is 0 Å². The molecular weight excluding hydrogens is 423 g/mol. The maximum absolute atomic E-state index is 12.8. The third-order valence-electron chi connectivity index (χ3n) is 4.61. The molecule has 0 aliphatic rings. The molecule has 0 N–H and O–H groups in total. The van der Waals surface area contributed by atoms with E-state index in [0.29, 0.717) is 42.0 Å². The van der Waals surface area contributed by atoms with E-state index in [1.807, 2.05) is 42.6 Å². The van der Waals surface area contributed by atoms with Crippen LogP contribution in [0.1, 0.15) is 11.3 Å². The average molecular weight is 447 g/mol. The predicted octanol–water partition coefficient (Wildman–Crippen LogP) is 4.90. The van der Waals surface area contributed by atoms with Gasteiger partial charge in [0.25, 0.3) is 5.91 Å². The monoisotopic (exact) mass is 446 g/mol. The van der Waals surface area contributed by atoms with E-state index in [2.05, 4.69) is 4.57 Å². The summed E-state index contributed by atoms with van der Waals surface area (Å²) in [4.78, 5) is 14.6. The van der Waals surface area contributed by atoms with Gasteiger partial charge < -0.3 is 18.9 Å². The van der Waals surface area contributed by atoms with E-state index in [9.17, 15) is 4.79 Å². The normalized spacial score (nSPS) is 10.8. The molecular formula is C23H24Cl2N2O3. The van der Waals surface area contributed by atoms with Crippen LogP contribution >= 0.6 is 23.2 Å². The van der Waals surface area contributed by atoms with E-state index in [4.69, 9.17) is 32.7 Å². The van der Waals surface area contributed by atoms with E-state index in [0.717, 1.165) is 11.3 Å². The summed E-state index contributed by atoms with van der Waals surface area (Å²) in [5.74, 6) is 0.487. The molecule has 0 bridgehead atoms. The number of ether oxygens (including phenoxy) is 2. The van der Waals surface area contributed by atoms with E-state index >= 15 is 0 Å². The number of methoxy groups -OCH3 is 1. The number of rotatable bonds is 10. The van der Waals surface area contributed by atoms with Crippen molar-refractivity contribution >= 4 is 29.1 Å². The van der Waals surface area contributed by atoms with Crippen LogP contribution in [0.4, 0.5) is 0 Å². The van der Waals surface area contributed by atoms with Crippen molar-refractivity contribution < 1.29 is 14.3 Å². The van der Waals surface area contributed by atoms with Crippen LogP contribution in [0, 0.1) is 0 Å². The van der Waals surface area contributed by atoms with Crippen molar-refractivity contribution in [2.24, 2.45) is 0 Å². The zero-order chi connectivity index (χ0) is 21.3. The molecule has 0 radical (unpaired) electrons. The van der Waals surface area contributed by atoms with E-state index in [1.54, 1.807) is 36.3 Å². The lowest BCUT2D eigenvalue weighted by molar-refractivity contribution is -0.134. The van der Waals surface area contributed by atoms with Gasteiger partial charge in [-0.15, -0.1) is 0 Å².